The summed E-state index contributed by atoms with van der Waals surface area (Å²) in [4.78, 5) is 14.0. The first-order chi connectivity index (χ1) is 10.3. The van der Waals surface area contributed by atoms with Gasteiger partial charge < -0.3 is 15.3 Å². The molecule has 1 aromatic rings. The Bertz CT molecular complexity index is 510. The number of rotatable bonds is 3. The summed E-state index contributed by atoms with van der Waals surface area (Å²) >= 11 is 0. The number of carbonyl (C=O) groups excluding carboxylic acids is 1. The van der Waals surface area contributed by atoms with Crippen molar-refractivity contribution in [1.82, 2.24) is 10.2 Å². The number of carbonyl (C=O) groups is 1. The molecular formula is C18H28N2O2. The number of likely N-dealkylation sites (tertiary alicyclic amines) is 1. The van der Waals surface area contributed by atoms with E-state index in [0.29, 0.717) is 13.1 Å². The van der Waals surface area contributed by atoms with Crippen molar-refractivity contribution in [2.75, 3.05) is 19.6 Å². The molecule has 1 aliphatic heterocycles. The van der Waals surface area contributed by atoms with Crippen molar-refractivity contribution in [2.24, 2.45) is 5.92 Å². The van der Waals surface area contributed by atoms with E-state index in [9.17, 15) is 9.90 Å². The summed E-state index contributed by atoms with van der Waals surface area (Å²) in [5.74, 6) is 0.271. The molecule has 2 rings (SSSR count). The number of piperidine rings is 1. The van der Waals surface area contributed by atoms with E-state index >= 15 is 0 Å². The van der Waals surface area contributed by atoms with Gasteiger partial charge in [0.2, 0.25) is 0 Å². The van der Waals surface area contributed by atoms with Gasteiger partial charge in [0.05, 0.1) is 6.10 Å². The molecule has 2 unspecified atom stereocenters. The lowest BCUT2D eigenvalue weighted by molar-refractivity contribution is 0.0434. The van der Waals surface area contributed by atoms with Crippen molar-refractivity contribution < 1.29 is 9.90 Å². The maximum Gasteiger partial charge on any atom is 0.317 e. The van der Waals surface area contributed by atoms with Crippen molar-refractivity contribution in [3.8, 4) is 0 Å². The molecule has 22 heavy (non-hydrogen) atoms. The lowest BCUT2D eigenvalue weighted by Crippen LogP contribution is -2.51. The Morgan fingerprint density at radius 3 is 2.59 bits per heavy atom. The number of hydrogen-bond donors (Lipinski definition) is 2. The summed E-state index contributed by atoms with van der Waals surface area (Å²) in [6, 6.07) is 8.36. The Labute approximate surface area is 133 Å². The van der Waals surface area contributed by atoms with Gasteiger partial charge in [-0.25, -0.2) is 4.79 Å². The normalized spacial score (nSPS) is 22.5. The van der Waals surface area contributed by atoms with Gasteiger partial charge in [0.25, 0.3) is 0 Å². The molecule has 1 saturated heterocycles. The zero-order valence-corrected chi connectivity index (χ0v) is 14.1. The van der Waals surface area contributed by atoms with Gasteiger partial charge in [0, 0.05) is 25.0 Å². The van der Waals surface area contributed by atoms with Crippen LogP contribution >= 0.6 is 0 Å². The number of hydrogen-bond acceptors (Lipinski definition) is 2. The predicted octanol–water partition coefficient (Wildman–Crippen LogP) is 2.68. The largest absolute Gasteiger partial charge is 0.391 e. The molecule has 4 nitrogen and oxygen atoms in total. The summed E-state index contributed by atoms with van der Waals surface area (Å²) in [6.45, 7) is 10.1. The van der Waals surface area contributed by atoms with E-state index in [-0.39, 0.29) is 17.4 Å². The topological polar surface area (TPSA) is 52.6 Å². The van der Waals surface area contributed by atoms with E-state index < -0.39 is 6.10 Å². The molecular weight excluding hydrogens is 276 g/mol. The Morgan fingerprint density at radius 1 is 1.36 bits per heavy atom. The summed E-state index contributed by atoms with van der Waals surface area (Å²) in [5.41, 5.74) is 2.33. The third-order valence-corrected chi connectivity index (χ3v) is 4.72. The first-order valence-corrected chi connectivity index (χ1v) is 8.07. The van der Waals surface area contributed by atoms with Crippen LogP contribution in [0.4, 0.5) is 4.79 Å². The third-order valence-electron chi connectivity index (χ3n) is 4.72. The van der Waals surface area contributed by atoms with Gasteiger partial charge in [0.1, 0.15) is 0 Å². The highest BCUT2D eigenvalue weighted by Crippen LogP contribution is 2.23. The SMILES string of the molecule is Cc1ccc(C(C)(C)CNC(=O)N2CCC(C)C(O)C2)cc1. The molecule has 0 spiro atoms. The van der Waals surface area contributed by atoms with Crippen molar-refractivity contribution in [3.63, 3.8) is 0 Å². The Balaban J connectivity index is 1.91. The molecule has 0 aromatic heterocycles. The average molecular weight is 304 g/mol. The molecule has 4 heteroatoms. The second-order valence-electron chi connectivity index (χ2n) is 7.19. The molecule has 2 N–H and O–H groups in total. The van der Waals surface area contributed by atoms with Gasteiger partial charge >= 0.3 is 6.03 Å². The minimum Gasteiger partial charge on any atom is -0.391 e. The van der Waals surface area contributed by atoms with E-state index in [1.54, 1.807) is 4.90 Å². The zero-order valence-electron chi connectivity index (χ0n) is 14.1. The summed E-state index contributed by atoms with van der Waals surface area (Å²) in [5, 5.41) is 12.9. The van der Waals surface area contributed by atoms with Crippen LogP contribution in [0.3, 0.4) is 0 Å². The Hall–Kier alpha value is -1.55. The smallest absolute Gasteiger partial charge is 0.317 e. The van der Waals surface area contributed by atoms with E-state index in [0.717, 1.165) is 13.0 Å². The fraction of sp³-hybridized carbons (Fsp3) is 0.611. The lowest BCUT2D eigenvalue weighted by atomic mass is 9.84. The number of amides is 2. The fourth-order valence-electron chi connectivity index (χ4n) is 2.75. The number of aryl methyl sites for hydroxylation is 1. The van der Waals surface area contributed by atoms with Crippen molar-refractivity contribution >= 4 is 6.03 Å². The molecule has 122 valence electrons. The maximum atomic E-state index is 12.3. The summed E-state index contributed by atoms with van der Waals surface area (Å²) in [6.07, 6.45) is 0.445. The fourth-order valence-corrected chi connectivity index (χ4v) is 2.75. The minimum absolute atomic E-state index is 0.0777. The average Bonchev–Trinajstić information content (AvgIpc) is 2.48. The molecule has 0 bridgehead atoms. The van der Waals surface area contributed by atoms with Gasteiger partial charge in [0.15, 0.2) is 0 Å². The zero-order chi connectivity index (χ0) is 16.3. The van der Waals surface area contributed by atoms with Gasteiger partial charge in [-0.05, 0) is 24.8 Å². The van der Waals surface area contributed by atoms with Crippen molar-refractivity contribution in [3.05, 3.63) is 35.4 Å². The quantitative estimate of drug-likeness (QED) is 0.902. The van der Waals surface area contributed by atoms with E-state index in [2.05, 4.69) is 50.4 Å². The second-order valence-corrected chi connectivity index (χ2v) is 7.19. The number of benzene rings is 1. The molecule has 2 amide bonds. The van der Waals surface area contributed by atoms with Gasteiger partial charge in [-0.2, -0.15) is 0 Å². The van der Waals surface area contributed by atoms with E-state index in [1.165, 1.54) is 11.1 Å². The van der Waals surface area contributed by atoms with Crippen LogP contribution in [-0.4, -0.2) is 41.8 Å². The van der Waals surface area contributed by atoms with Crippen LogP contribution in [0.1, 0.15) is 38.3 Å². The molecule has 0 radical (unpaired) electrons. The lowest BCUT2D eigenvalue weighted by Gasteiger charge is -2.35. The van der Waals surface area contributed by atoms with Crippen LogP contribution in [0, 0.1) is 12.8 Å². The highest BCUT2D eigenvalue weighted by Gasteiger charge is 2.28. The van der Waals surface area contributed by atoms with Gasteiger partial charge in [-0.1, -0.05) is 50.6 Å². The second kappa shape index (κ2) is 6.69. The monoisotopic (exact) mass is 304 g/mol. The van der Waals surface area contributed by atoms with Crippen molar-refractivity contribution in [2.45, 2.75) is 45.6 Å². The highest BCUT2D eigenvalue weighted by atomic mass is 16.3. The summed E-state index contributed by atoms with van der Waals surface area (Å²) < 4.78 is 0. The van der Waals surface area contributed by atoms with Gasteiger partial charge in [-0.15, -0.1) is 0 Å². The van der Waals surface area contributed by atoms with Crippen LogP contribution < -0.4 is 5.32 Å². The molecule has 1 aromatic carbocycles. The van der Waals surface area contributed by atoms with Crippen molar-refractivity contribution in [1.29, 1.82) is 0 Å². The number of aliphatic hydroxyl groups excluding tert-OH is 1. The summed E-state index contributed by atoms with van der Waals surface area (Å²) in [7, 11) is 0. The maximum absolute atomic E-state index is 12.3. The molecule has 0 aliphatic carbocycles. The van der Waals surface area contributed by atoms with Crippen LogP contribution in [0.15, 0.2) is 24.3 Å². The molecule has 2 atom stereocenters. The van der Waals surface area contributed by atoms with Gasteiger partial charge in [-0.3, -0.25) is 0 Å². The molecule has 0 saturated carbocycles. The first-order valence-electron chi connectivity index (χ1n) is 8.07. The van der Waals surface area contributed by atoms with Crippen LogP contribution in [0.25, 0.3) is 0 Å². The number of nitrogens with one attached hydrogen (secondary N) is 1. The minimum atomic E-state index is -0.412. The highest BCUT2D eigenvalue weighted by molar-refractivity contribution is 5.74. The Kier molecular flexibility index (Phi) is 5.12. The molecule has 1 heterocycles. The number of urea groups is 1. The first kappa shape index (κ1) is 16.8. The van der Waals surface area contributed by atoms with Crippen LogP contribution in [0.5, 0.6) is 0 Å². The van der Waals surface area contributed by atoms with E-state index in [1.807, 2.05) is 6.92 Å². The predicted molar refractivity (Wildman–Crippen MR) is 89.0 cm³/mol. The third kappa shape index (κ3) is 4.01. The number of aliphatic hydroxyl groups is 1. The molecule has 1 fully saturated rings. The van der Waals surface area contributed by atoms with E-state index in [4.69, 9.17) is 0 Å². The Morgan fingerprint density at radius 2 is 2.00 bits per heavy atom. The standard InChI is InChI=1S/C18H28N2O2/c1-13-5-7-15(8-6-13)18(3,4)12-19-17(22)20-10-9-14(2)16(21)11-20/h5-8,14,16,21H,9-12H2,1-4H3,(H,19,22). The number of nitrogens with zero attached hydrogens (tertiary/aromatic N) is 1. The number of β-amino-alcohol motifs (C(OH)–C–C–N with tert-alkyl or cyclic N) is 1. The van der Waals surface area contributed by atoms with Crippen LogP contribution in [0.2, 0.25) is 0 Å². The van der Waals surface area contributed by atoms with Crippen LogP contribution in [-0.2, 0) is 5.41 Å². The molecule has 1 aliphatic rings.